The third-order valence-corrected chi connectivity index (χ3v) is 5.70. The van der Waals surface area contributed by atoms with Crippen LogP contribution in [0.3, 0.4) is 0 Å². The Kier molecular flexibility index (Phi) is 7.41. The molecular formula is C21H20BrN3O3S2. The molecule has 0 aliphatic heterocycles. The summed E-state index contributed by atoms with van der Waals surface area (Å²) in [5, 5.41) is 8.19. The summed E-state index contributed by atoms with van der Waals surface area (Å²) in [5.41, 5.74) is 3.84. The van der Waals surface area contributed by atoms with Gasteiger partial charge in [-0.05, 0) is 71.8 Å². The van der Waals surface area contributed by atoms with Gasteiger partial charge in [0.25, 0.3) is 5.91 Å². The van der Waals surface area contributed by atoms with E-state index in [1.54, 1.807) is 7.11 Å². The van der Waals surface area contributed by atoms with Crippen LogP contribution in [0, 0.1) is 13.8 Å². The fraction of sp³-hybridized carbons (Fsp3) is 0.190. The first-order chi connectivity index (χ1) is 14.4. The molecule has 9 heteroatoms. The average Bonchev–Trinajstić information content (AvgIpc) is 3.15. The molecule has 0 atom stereocenters. The largest absolute Gasteiger partial charge is 0.496 e. The standard InChI is InChI=1S/C21H20BrN3O3S2/c1-12-4-6-17(13(2)8-12)28-10-19(26)24-20(29)25-21-23-16(11-30-21)14-5-7-18(27-3)15(22)9-14/h4-9,11H,10H2,1-3H3,(H2,23,24,25,26,29). The number of carbonyl (C=O) groups excluding carboxylic acids is 1. The summed E-state index contributed by atoms with van der Waals surface area (Å²) in [6.07, 6.45) is 0. The number of nitrogens with one attached hydrogen (secondary N) is 2. The van der Waals surface area contributed by atoms with Gasteiger partial charge in [-0.2, -0.15) is 0 Å². The number of carbonyl (C=O) groups is 1. The number of thiocarbonyl (C=S) groups is 1. The second-order valence-electron chi connectivity index (χ2n) is 6.45. The van der Waals surface area contributed by atoms with Gasteiger partial charge in [0.1, 0.15) is 11.5 Å². The van der Waals surface area contributed by atoms with Crippen LogP contribution in [0.1, 0.15) is 11.1 Å². The predicted octanol–water partition coefficient (Wildman–Crippen LogP) is 5.09. The Hall–Kier alpha value is -2.49. The average molecular weight is 506 g/mol. The number of hydrogen-bond donors (Lipinski definition) is 2. The smallest absolute Gasteiger partial charge is 0.264 e. The topological polar surface area (TPSA) is 72.5 Å². The number of amides is 1. The lowest BCUT2D eigenvalue weighted by atomic mass is 10.1. The predicted molar refractivity (Wildman–Crippen MR) is 128 cm³/mol. The highest BCUT2D eigenvalue weighted by Gasteiger charge is 2.11. The molecule has 1 heterocycles. The maximum absolute atomic E-state index is 12.1. The summed E-state index contributed by atoms with van der Waals surface area (Å²) in [7, 11) is 1.62. The van der Waals surface area contributed by atoms with Crippen LogP contribution < -0.4 is 20.1 Å². The zero-order valence-corrected chi connectivity index (χ0v) is 19.8. The maximum Gasteiger partial charge on any atom is 0.264 e. The zero-order valence-electron chi connectivity index (χ0n) is 16.6. The first-order valence-corrected chi connectivity index (χ1v) is 11.0. The molecule has 30 heavy (non-hydrogen) atoms. The molecule has 6 nitrogen and oxygen atoms in total. The molecule has 0 saturated heterocycles. The molecule has 0 unspecified atom stereocenters. The number of aryl methyl sites for hydroxylation is 2. The summed E-state index contributed by atoms with van der Waals surface area (Å²) < 4.78 is 11.7. The second-order valence-corrected chi connectivity index (χ2v) is 8.57. The molecule has 0 fully saturated rings. The third-order valence-electron chi connectivity index (χ3n) is 4.11. The number of halogens is 1. The van der Waals surface area contributed by atoms with E-state index >= 15 is 0 Å². The van der Waals surface area contributed by atoms with Gasteiger partial charge in [0.2, 0.25) is 0 Å². The van der Waals surface area contributed by atoms with Crippen LogP contribution in [0.15, 0.2) is 46.3 Å². The van der Waals surface area contributed by atoms with E-state index in [1.807, 2.05) is 55.6 Å². The molecule has 1 aromatic heterocycles. The number of benzene rings is 2. The highest BCUT2D eigenvalue weighted by molar-refractivity contribution is 9.10. The van der Waals surface area contributed by atoms with Crippen LogP contribution in [0.5, 0.6) is 11.5 Å². The Morgan fingerprint density at radius 2 is 1.97 bits per heavy atom. The van der Waals surface area contributed by atoms with Crippen LogP contribution >= 0.6 is 39.5 Å². The minimum atomic E-state index is -0.344. The van der Waals surface area contributed by atoms with Crippen molar-refractivity contribution in [3.8, 4) is 22.8 Å². The van der Waals surface area contributed by atoms with Crippen LogP contribution in [0.2, 0.25) is 0 Å². The van der Waals surface area contributed by atoms with Crippen molar-refractivity contribution in [2.24, 2.45) is 0 Å². The van der Waals surface area contributed by atoms with Gasteiger partial charge < -0.3 is 14.8 Å². The van der Waals surface area contributed by atoms with Gasteiger partial charge in [0.05, 0.1) is 17.3 Å². The Balaban J connectivity index is 1.53. The van der Waals surface area contributed by atoms with Crippen molar-refractivity contribution in [1.29, 1.82) is 0 Å². The quantitative estimate of drug-likeness (QED) is 0.454. The van der Waals surface area contributed by atoms with Crippen molar-refractivity contribution < 1.29 is 14.3 Å². The highest BCUT2D eigenvalue weighted by Crippen LogP contribution is 2.32. The highest BCUT2D eigenvalue weighted by atomic mass is 79.9. The molecule has 0 aliphatic carbocycles. The third kappa shape index (κ3) is 5.78. The van der Waals surface area contributed by atoms with Crippen LogP contribution in [-0.4, -0.2) is 29.7 Å². The Morgan fingerprint density at radius 1 is 1.20 bits per heavy atom. The summed E-state index contributed by atoms with van der Waals surface area (Å²) in [6, 6.07) is 11.5. The van der Waals surface area contributed by atoms with Gasteiger partial charge in [0, 0.05) is 10.9 Å². The van der Waals surface area contributed by atoms with E-state index in [0.29, 0.717) is 10.9 Å². The molecular weight excluding hydrogens is 486 g/mol. The normalized spacial score (nSPS) is 10.4. The number of anilines is 1. The van der Waals surface area contributed by atoms with E-state index in [-0.39, 0.29) is 17.6 Å². The minimum Gasteiger partial charge on any atom is -0.496 e. The summed E-state index contributed by atoms with van der Waals surface area (Å²) in [4.78, 5) is 16.6. The van der Waals surface area contributed by atoms with E-state index in [0.717, 1.165) is 32.6 Å². The molecule has 0 saturated carbocycles. The van der Waals surface area contributed by atoms with E-state index < -0.39 is 0 Å². The first-order valence-electron chi connectivity index (χ1n) is 8.96. The number of methoxy groups -OCH3 is 1. The molecule has 2 N–H and O–H groups in total. The molecule has 0 radical (unpaired) electrons. The Morgan fingerprint density at radius 3 is 2.67 bits per heavy atom. The second kappa shape index (κ2) is 10.0. The minimum absolute atomic E-state index is 0.130. The van der Waals surface area contributed by atoms with Gasteiger partial charge in [-0.3, -0.25) is 10.1 Å². The SMILES string of the molecule is COc1ccc(-c2csc(NC(=S)NC(=O)COc3ccc(C)cc3C)n2)cc1Br. The monoisotopic (exact) mass is 505 g/mol. The van der Waals surface area contributed by atoms with Crippen LogP contribution in [0.4, 0.5) is 5.13 Å². The lowest BCUT2D eigenvalue weighted by molar-refractivity contribution is -0.121. The lowest BCUT2D eigenvalue weighted by Gasteiger charge is -2.10. The van der Waals surface area contributed by atoms with Gasteiger partial charge in [-0.1, -0.05) is 17.7 Å². The Labute approximate surface area is 192 Å². The van der Waals surface area contributed by atoms with Crippen molar-refractivity contribution in [3.05, 3.63) is 57.4 Å². The van der Waals surface area contributed by atoms with Crippen molar-refractivity contribution in [2.75, 3.05) is 19.0 Å². The molecule has 0 bridgehead atoms. The molecule has 0 spiro atoms. The van der Waals surface area contributed by atoms with Crippen molar-refractivity contribution in [3.63, 3.8) is 0 Å². The van der Waals surface area contributed by atoms with E-state index in [1.165, 1.54) is 11.3 Å². The van der Waals surface area contributed by atoms with Gasteiger partial charge in [0.15, 0.2) is 16.9 Å². The summed E-state index contributed by atoms with van der Waals surface area (Å²) in [6.45, 7) is 3.81. The molecule has 156 valence electrons. The number of ether oxygens (including phenoxy) is 2. The van der Waals surface area contributed by atoms with Gasteiger partial charge in [-0.25, -0.2) is 4.98 Å². The number of nitrogens with zero attached hydrogens (tertiary/aromatic N) is 1. The molecule has 2 aromatic carbocycles. The van der Waals surface area contributed by atoms with E-state index in [2.05, 4.69) is 31.5 Å². The fourth-order valence-electron chi connectivity index (χ4n) is 2.69. The van der Waals surface area contributed by atoms with Gasteiger partial charge >= 0.3 is 0 Å². The zero-order chi connectivity index (χ0) is 21.7. The summed E-state index contributed by atoms with van der Waals surface area (Å²) in [5.74, 6) is 1.08. The number of rotatable bonds is 6. The fourth-order valence-corrected chi connectivity index (χ4v) is 4.22. The van der Waals surface area contributed by atoms with Crippen LogP contribution in [0.25, 0.3) is 11.3 Å². The van der Waals surface area contributed by atoms with Crippen molar-refractivity contribution in [2.45, 2.75) is 13.8 Å². The number of thiazole rings is 1. The molecule has 0 aliphatic rings. The molecule has 1 amide bonds. The summed E-state index contributed by atoms with van der Waals surface area (Å²) >= 11 is 10.1. The van der Waals surface area contributed by atoms with Crippen molar-refractivity contribution in [1.82, 2.24) is 10.3 Å². The number of aromatic nitrogens is 1. The maximum atomic E-state index is 12.1. The first kappa shape index (κ1) is 22.2. The molecule has 3 aromatic rings. The van der Waals surface area contributed by atoms with E-state index in [9.17, 15) is 4.79 Å². The van der Waals surface area contributed by atoms with E-state index in [4.69, 9.17) is 21.7 Å². The molecule has 3 rings (SSSR count). The van der Waals surface area contributed by atoms with Crippen LogP contribution in [-0.2, 0) is 4.79 Å². The lowest BCUT2D eigenvalue weighted by Crippen LogP contribution is -2.37. The number of hydrogen-bond acceptors (Lipinski definition) is 6. The Bertz CT molecular complexity index is 1090. The van der Waals surface area contributed by atoms with Gasteiger partial charge in [-0.15, -0.1) is 11.3 Å². The van der Waals surface area contributed by atoms with Crippen molar-refractivity contribution >= 4 is 55.6 Å².